The molecule has 0 amide bonds. The molecule has 1 aromatic rings. The highest BCUT2D eigenvalue weighted by Crippen LogP contribution is 2.31. The van der Waals surface area contributed by atoms with E-state index in [1.807, 2.05) is 0 Å². The van der Waals surface area contributed by atoms with Crippen LogP contribution in [0, 0.1) is 29.1 Å². The first-order valence-electron chi connectivity index (χ1n) is 3.77. The van der Waals surface area contributed by atoms with Crippen molar-refractivity contribution in [3.8, 4) is 5.75 Å². The number of hydrogen-bond donors (Lipinski definition) is 2. The van der Waals surface area contributed by atoms with Crippen LogP contribution >= 0.6 is 8.96 Å². The van der Waals surface area contributed by atoms with Crippen LogP contribution in [0.4, 0.5) is 22.0 Å². The maximum absolute atomic E-state index is 12.9. The third-order valence-electron chi connectivity index (χ3n) is 1.47. The molecule has 0 saturated carbocycles. The van der Waals surface area contributed by atoms with E-state index in [9.17, 15) is 22.0 Å². The molecule has 0 saturated heterocycles. The fourth-order valence-corrected chi connectivity index (χ4v) is 1.21. The van der Waals surface area contributed by atoms with Crippen LogP contribution in [-0.4, -0.2) is 11.8 Å². The second-order valence-corrected chi connectivity index (χ2v) is 3.20. The van der Waals surface area contributed by atoms with Gasteiger partial charge < -0.3 is 9.63 Å². The summed E-state index contributed by atoms with van der Waals surface area (Å²) in [4.78, 5) is 0. The van der Waals surface area contributed by atoms with Crippen molar-refractivity contribution in [2.75, 3.05) is 6.73 Å². The Morgan fingerprint density at radius 1 is 0.938 bits per heavy atom. The summed E-state index contributed by atoms with van der Waals surface area (Å²) in [6, 6.07) is 0. The van der Waals surface area contributed by atoms with E-state index in [0.717, 1.165) is 0 Å². The summed E-state index contributed by atoms with van der Waals surface area (Å²) >= 11 is 0. The highest BCUT2D eigenvalue weighted by atomic mass is 31.1. The van der Waals surface area contributed by atoms with Crippen molar-refractivity contribution in [3.63, 3.8) is 0 Å². The third-order valence-corrected chi connectivity index (χ3v) is 2.08. The largest absolute Gasteiger partial charge is 0.455 e. The van der Waals surface area contributed by atoms with Gasteiger partial charge in [0.2, 0.25) is 34.8 Å². The molecule has 0 aliphatic carbocycles. The molecule has 1 aromatic carbocycles. The number of aliphatic hydroxyl groups excluding tert-OH is 1. The fraction of sp³-hybridized carbons (Fsp3) is 0.143. The molecule has 16 heavy (non-hydrogen) atoms. The molecule has 9 heteroatoms. The minimum atomic E-state index is -2.25. The van der Waals surface area contributed by atoms with E-state index >= 15 is 0 Å². The standard InChI is InChI=1S/C7H5F5NO2P/c8-2-3(9)5(11)7(6(12)4(2)10)15-16-13-1-14/h13-14,16H,1H2. The summed E-state index contributed by atoms with van der Waals surface area (Å²) in [6.45, 7) is -0.562. The Kier molecular flexibility index (Phi) is 4.40. The topological polar surface area (TPSA) is 41.5 Å². The van der Waals surface area contributed by atoms with E-state index < -0.39 is 50.5 Å². The first-order valence-corrected chi connectivity index (χ1v) is 4.68. The lowest BCUT2D eigenvalue weighted by atomic mass is 10.3. The summed E-state index contributed by atoms with van der Waals surface area (Å²) in [6.07, 6.45) is 0. The van der Waals surface area contributed by atoms with Gasteiger partial charge in [-0.05, 0) is 0 Å². The van der Waals surface area contributed by atoms with Crippen LogP contribution < -0.4 is 9.61 Å². The molecule has 0 fully saturated rings. The molecular weight excluding hydrogens is 256 g/mol. The molecule has 90 valence electrons. The van der Waals surface area contributed by atoms with Crippen molar-refractivity contribution in [1.29, 1.82) is 0 Å². The normalized spacial score (nSPS) is 11.4. The Morgan fingerprint density at radius 3 is 1.81 bits per heavy atom. The summed E-state index contributed by atoms with van der Waals surface area (Å²) in [7, 11) is -0.844. The van der Waals surface area contributed by atoms with E-state index in [4.69, 9.17) is 5.11 Å². The lowest BCUT2D eigenvalue weighted by Gasteiger charge is -2.09. The number of benzene rings is 1. The van der Waals surface area contributed by atoms with Gasteiger partial charge in [0.05, 0.1) is 6.73 Å². The van der Waals surface area contributed by atoms with Crippen LogP contribution in [-0.2, 0) is 0 Å². The summed E-state index contributed by atoms with van der Waals surface area (Å²) < 4.78 is 67.8. The van der Waals surface area contributed by atoms with Crippen LogP contribution in [0.2, 0.25) is 0 Å². The smallest absolute Gasteiger partial charge is 0.207 e. The van der Waals surface area contributed by atoms with E-state index in [-0.39, 0.29) is 0 Å². The van der Waals surface area contributed by atoms with Gasteiger partial charge in [-0.15, -0.1) is 0 Å². The molecule has 2 N–H and O–H groups in total. The minimum absolute atomic E-state index is 0.562. The third kappa shape index (κ3) is 2.40. The van der Waals surface area contributed by atoms with Crippen LogP contribution in [0.3, 0.4) is 0 Å². The number of halogens is 5. The maximum atomic E-state index is 12.9. The predicted molar refractivity (Wildman–Crippen MR) is 45.4 cm³/mol. The van der Waals surface area contributed by atoms with Crippen molar-refractivity contribution in [2.24, 2.45) is 0 Å². The Bertz CT molecular complexity index is 374. The van der Waals surface area contributed by atoms with E-state index in [1.54, 1.807) is 0 Å². The molecular formula is C7H5F5NO2P. The van der Waals surface area contributed by atoms with Crippen molar-refractivity contribution < 1.29 is 31.6 Å². The predicted octanol–water partition coefficient (Wildman–Crippen LogP) is 1.81. The zero-order chi connectivity index (χ0) is 12.3. The van der Waals surface area contributed by atoms with Gasteiger partial charge in [-0.3, -0.25) is 0 Å². The monoisotopic (exact) mass is 261 g/mol. The SMILES string of the molecule is OCNPOc1c(F)c(F)c(F)c(F)c1F. The van der Waals surface area contributed by atoms with Crippen LogP contribution in [0.1, 0.15) is 0 Å². The minimum Gasteiger partial charge on any atom is -0.455 e. The van der Waals surface area contributed by atoms with Gasteiger partial charge in [-0.1, -0.05) is 0 Å². The van der Waals surface area contributed by atoms with Crippen molar-refractivity contribution in [1.82, 2.24) is 5.09 Å². The second-order valence-electron chi connectivity index (χ2n) is 2.44. The highest BCUT2D eigenvalue weighted by molar-refractivity contribution is 7.30. The summed E-state index contributed by atoms with van der Waals surface area (Å²) in [5, 5.41) is 10.4. The quantitative estimate of drug-likeness (QED) is 0.217. The Balaban J connectivity index is 3.08. The lowest BCUT2D eigenvalue weighted by Crippen LogP contribution is -2.07. The first kappa shape index (κ1) is 13.1. The molecule has 0 radical (unpaired) electrons. The van der Waals surface area contributed by atoms with Crippen molar-refractivity contribution >= 4 is 8.96 Å². The molecule has 1 atom stereocenters. The van der Waals surface area contributed by atoms with Gasteiger partial charge in [-0.25, -0.2) is 18.3 Å². The van der Waals surface area contributed by atoms with E-state index in [2.05, 4.69) is 9.61 Å². The summed E-state index contributed by atoms with van der Waals surface area (Å²) in [5.74, 6) is -11.9. The molecule has 0 bridgehead atoms. The molecule has 0 aromatic heterocycles. The van der Waals surface area contributed by atoms with Crippen molar-refractivity contribution in [3.05, 3.63) is 29.1 Å². The average molecular weight is 261 g/mol. The Morgan fingerprint density at radius 2 is 1.38 bits per heavy atom. The van der Waals surface area contributed by atoms with Crippen LogP contribution in [0.25, 0.3) is 0 Å². The number of hydrogen-bond acceptors (Lipinski definition) is 3. The number of rotatable bonds is 4. The number of aliphatic hydroxyl groups is 1. The first-order chi connectivity index (χ1) is 7.50. The van der Waals surface area contributed by atoms with Crippen LogP contribution in [0.15, 0.2) is 0 Å². The fourth-order valence-electron chi connectivity index (χ4n) is 0.794. The van der Waals surface area contributed by atoms with Crippen LogP contribution in [0.5, 0.6) is 5.75 Å². The van der Waals surface area contributed by atoms with Gasteiger partial charge in [-0.2, -0.15) is 8.78 Å². The molecule has 0 spiro atoms. The molecule has 0 aliphatic heterocycles. The zero-order valence-electron chi connectivity index (χ0n) is 7.45. The maximum Gasteiger partial charge on any atom is 0.207 e. The van der Waals surface area contributed by atoms with E-state index in [0.29, 0.717) is 0 Å². The molecule has 1 unspecified atom stereocenters. The zero-order valence-corrected chi connectivity index (χ0v) is 8.45. The molecule has 0 aliphatic rings. The van der Waals surface area contributed by atoms with Crippen molar-refractivity contribution in [2.45, 2.75) is 0 Å². The van der Waals surface area contributed by atoms with Gasteiger partial charge >= 0.3 is 0 Å². The van der Waals surface area contributed by atoms with Gasteiger partial charge in [0.25, 0.3) is 0 Å². The second kappa shape index (κ2) is 5.38. The van der Waals surface area contributed by atoms with E-state index in [1.165, 1.54) is 0 Å². The Labute approximate surface area is 88.1 Å². The van der Waals surface area contributed by atoms with Gasteiger partial charge in [0, 0.05) is 0 Å². The highest BCUT2D eigenvalue weighted by Gasteiger charge is 2.26. The molecule has 1 rings (SSSR count). The molecule has 3 nitrogen and oxygen atoms in total. The molecule has 0 heterocycles. The van der Waals surface area contributed by atoms with Gasteiger partial charge in [0.15, 0.2) is 0 Å². The summed E-state index contributed by atoms with van der Waals surface area (Å²) in [5.41, 5.74) is 0. The van der Waals surface area contributed by atoms with Gasteiger partial charge in [0.1, 0.15) is 8.96 Å². The Hall–Kier alpha value is -0.980. The lowest BCUT2D eigenvalue weighted by molar-refractivity contribution is 0.288. The number of nitrogens with one attached hydrogen (secondary N) is 1. The average Bonchev–Trinajstić information content (AvgIpc) is 2.28.